The molecule has 4 aromatic rings. The Bertz CT molecular complexity index is 2630. The Hall–Kier alpha value is -6.88. The lowest BCUT2D eigenvalue weighted by Crippen LogP contribution is -2.58. The molecule has 2 heterocycles. The van der Waals surface area contributed by atoms with Gasteiger partial charge in [-0.1, -0.05) is 103 Å². The fourth-order valence-electron chi connectivity index (χ4n) is 9.42. The monoisotopic (exact) mass is 1010 g/mol. The fourth-order valence-corrected chi connectivity index (χ4v) is 10.4. The maximum absolute atomic E-state index is 14.5. The van der Waals surface area contributed by atoms with E-state index in [9.17, 15) is 43.0 Å². The second-order valence-corrected chi connectivity index (χ2v) is 21.4. The molecule has 0 bridgehead atoms. The maximum Gasteiger partial charge on any atom is 0.407 e. The van der Waals surface area contributed by atoms with Crippen LogP contribution in [-0.4, -0.2) is 95.0 Å². The van der Waals surface area contributed by atoms with E-state index in [1.165, 1.54) is 4.90 Å². The van der Waals surface area contributed by atoms with E-state index in [2.05, 4.69) is 21.3 Å². The Morgan fingerprint density at radius 2 is 1.40 bits per heavy atom. The summed E-state index contributed by atoms with van der Waals surface area (Å²) in [6.45, 7) is 4.37. The van der Waals surface area contributed by atoms with Gasteiger partial charge in [0.15, 0.2) is 0 Å². The minimum atomic E-state index is -4.25. The third-order valence-corrected chi connectivity index (χ3v) is 14.5. The zero-order valence-electron chi connectivity index (χ0n) is 40.7. The Labute approximate surface area is 418 Å². The van der Waals surface area contributed by atoms with Crippen molar-refractivity contribution in [2.75, 3.05) is 13.4 Å². The van der Waals surface area contributed by atoms with Gasteiger partial charge in [0, 0.05) is 31.3 Å². The van der Waals surface area contributed by atoms with Crippen LogP contribution in [0.5, 0.6) is 0 Å². The van der Waals surface area contributed by atoms with Gasteiger partial charge in [0.05, 0.1) is 11.6 Å². The summed E-state index contributed by atoms with van der Waals surface area (Å²) in [5, 5.41) is 11.2. The number of nitrogens with zero attached hydrogens (tertiary/aromatic N) is 1. The smallest absolute Gasteiger partial charge is 0.407 e. The van der Waals surface area contributed by atoms with Gasteiger partial charge in [-0.2, -0.15) is 0 Å². The predicted molar refractivity (Wildman–Crippen MR) is 265 cm³/mol. The van der Waals surface area contributed by atoms with Gasteiger partial charge in [0.2, 0.25) is 36.3 Å². The maximum atomic E-state index is 14.5. The van der Waals surface area contributed by atoms with Crippen LogP contribution in [0.2, 0.25) is 0 Å². The number of nitrogens with one attached hydrogen (secondary N) is 4. The lowest BCUT2D eigenvalue weighted by atomic mass is 9.98. The summed E-state index contributed by atoms with van der Waals surface area (Å²) in [5.41, 5.74) is 10.4. The van der Waals surface area contributed by atoms with Gasteiger partial charge in [-0.05, 0) is 98.2 Å². The van der Waals surface area contributed by atoms with Crippen molar-refractivity contribution in [2.24, 2.45) is 11.1 Å². The molecule has 7 N–H and O–H groups in total. The van der Waals surface area contributed by atoms with E-state index in [4.69, 9.17) is 19.7 Å². The van der Waals surface area contributed by atoms with Crippen LogP contribution in [0.25, 0.3) is 11.1 Å². The molecule has 0 spiro atoms. The minimum absolute atomic E-state index is 0.0272. The third kappa shape index (κ3) is 13.7. The number of ether oxygens (including phenoxy) is 2. The van der Waals surface area contributed by atoms with Gasteiger partial charge in [-0.25, -0.2) is 4.79 Å². The normalized spacial score (nSPS) is 19.0. The molecule has 7 rings (SSSR count). The molecule has 19 heteroatoms. The van der Waals surface area contributed by atoms with Crippen LogP contribution >= 0.6 is 7.60 Å². The van der Waals surface area contributed by atoms with Crippen molar-refractivity contribution in [3.05, 3.63) is 131 Å². The van der Waals surface area contributed by atoms with Gasteiger partial charge in [-0.15, -0.1) is 0 Å². The van der Waals surface area contributed by atoms with Crippen LogP contribution in [0.3, 0.4) is 0 Å². The second-order valence-electron chi connectivity index (χ2n) is 19.5. The number of hydrogen-bond acceptors (Lipinski definition) is 11. The number of primary amides is 1. The highest BCUT2D eigenvalue weighted by atomic mass is 31.2. The zero-order chi connectivity index (χ0) is 51.6. The Kier molecular flexibility index (Phi) is 17.3. The van der Waals surface area contributed by atoms with E-state index in [1.807, 2.05) is 78.9 Å². The number of rotatable bonds is 20. The molecule has 0 saturated carbocycles. The Balaban J connectivity index is 1.04. The summed E-state index contributed by atoms with van der Waals surface area (Å²) < 4.78 is 28.7. The first-order chi connectivity index (χ1) is 34.4. The van der Waals surface area contributed by atoms with Crippen LogP contribution < -0.4 is 27.0 Å². The van der Waals surface area contributed by atoms with Crippen LogP contribution in [0, 0.1) is 5.41 Å². The number of carbonyl (C=O) groups excluding carboxylic acids is 7. The van der Waals surface area contributed by atoms with Crippen molar-refractivity contribution < 1.29 is 57.0 Å². The van der Waals surface area contributed by atoms with Gasteiger partial charge in [0.25, 0.3) is 0 Å². The zero-order valence-corrected chi connectivity index (χ0v) is 41.6. The molecule has 382 valence electrons. The number of alkyl carbamates (subject to hydrolysis) is 1. The van der Waals surface area contributed by atoms with Gasteiger partial charge < -0.3 is 46.3 Å². The highest BCUT2D eigenvalue weighted by molar-refractivity contribution is 7.51. The number of nitrogens with two attached hydrogens (primary N) is 1. The number of benzene rings is 4. The fraction of sp³-hybridized carbons (Fsp3) is 0.415. The van der Waals surface area contributed by atoms with Crippen molar-refractivity contribution in [1.29, 1.82) is 0 Å². The number of esters is 1. The number of amides is 6. The summed E-state index contributed by atoms with van der Waals surface area (Å²) >= 11 is 0. The molecular weight excluding hydrogens is 944 g/mol. The molecule has 1 aliphatic carbocycles. The molecule has 2 aliphatic heterocycles. The van der Waals surface area contributed by atoms with Crippen LogP contribution in [-0.2, 0) is 66.5 Å². The summed E-state index contributed by atoms with van der Waals surface area (Å²) in [6, 6.07) is 26.6. The average molecular weight is 1010 g/mol. The quantitative estimate of drug-likeness (QED) is 0.0366. The first-order valence-corrected chi connectivity index (χ1v) is 26.0. The van der Waals surface area contributed by atoms with E-state index in [0.717, 1.165) is 27.8 Å². The summed E-state index contributed by atoms with van der Waals surface area (Å²) in [5.74, 6) is -3.77. The van der Waals surface area contributed by atoms with Gasteiger partial charge >= 0.3 is 19.7 Å². The number of carbonyl (C=O) groups is 7. The molecule has 4 aromatic carbocycles. The van der Waals surface area contributed by atoms with Crippen LogP contribution in [0.4, 0.5) is 4.79 Å². The number of hydrogen-bond donors (Lipinski definition) is 6. The SMILES string of the molecule is CC(C)(C)C(=O)OCOP(=O)(O)Cc1ccc(C[C@H](NC(=O)OCC2c3ccccc3-c3ccccc32)C(=O)N[C@@H]2CCCC3CC[C@@H](C(=O)N[C@@H](CCC(N)=O)C(=O)NCc4ccccc4)N3C2=O)cc1. The molecule has 0 radical (unpaired) electrons. The molecule has 2 unspecified atom stereocenters. The molecule has 72 heavy (non-hydrogen) atoms. The molecule has 3 aliphatic rings. The highest BCUT2D eigenvalue weighted by Gasteiger charge is 2.46. The second kappa shape index (κ2) is 23.6. The third-order valence-electron chi connectivity index (χ3n) is 13.2. The Morgan fingerprint density at radius 1 is 0.764 bits per heavy atom. The first-order valence-electron chi connectivity index (χ1n) is 24.2. The molecule has 2 fully saturated rings. The number of fused-ring (bicyclic) bond motifs is 4. The van der Waals surface area contributed by atoms with Crippen molar-refractivity contribution in [3.8, 4) is 11.1 Å². The summed E-state index contributed by atoms with van der Waals surface area (Å²) in [7, 11) is -4.25. The first kappa shape index (κ1) is 52.9. The van der Waals surface area contributed by atoms with E-state index in [0.29, 0.717) is 36.8 Å². The molecule has 18 nitrogen and oxygen atoms in total. The van der Waals surface area contributed by atoms with E-state index in [-0.39, 0.29) is 50.8 Å². The molecular formula is C53H63N6O12P. The van der Waals surface area contributed by atoms with Crippen molar-refractivity contribution >= 4 is 49.2 Å². The molecule has 0 aromatic heterocycles. The lowest BCUT2D eigenvalue weighted by molar-refractivity contribution is -0.160. The van der Waals surface area contributed by atoms with E-state index in [1.54, 1.807) is 45.0 Å². The van der Waals surface area contributed by atoms with E-state index < -0.39 is 91.7 Å². The summed E-state index contributed by atoms with van der Waals surface area (Å²) in [4.78, 5) is 106. The van der Waals surface area contributed by atoms with E-state index >= 15 is 0 Å². The lowest BCUT2D eigenvalue weighted by Gasteiger charge is -2.32. The van der Waals surface area contributed by atoms with Crippen molar-refractivity contribution in [2.45, 2.75) is 121 Å². The van der Waals surface area contributed by atoms with Crippen LogP contribution in [0.1, 0.15) is 99.5 Å². The average Bonchev–Trinajstić information content (AvgIpc) is 3.88. The molecule has 2 saturated heterocycles. The molecule has 6 atom stereocenters. The van der Waals surface area contributed by atoms with Gasteiger partial charge in [-0.3, -0.25) is 37.9 Å². The minimum Gasteiger partial charge on any atom is -0.449 e. The Morgan fingerprint density at radius 3 is 2.06 bits per heavy atom. The van der Waals surface area contributed by atoms with Gasteiger partial charge in [0.1, 0.15) is 30.8 Å². The van der Waals surface area contributed by atoms with Crippen molar-refractivity contribution in [1.82, 2.24) is 26.2 Å². The van der Waals surface area contributed by atoms with Crippen LogP contribution in [0.15, 0.2) is 103 Å². The molecule has 6 amide bonds. The standard InChI is InChI=1S/C53H63N6O12P/c1-53(2,3)51(65)70-32-71-72(67,68)31-35-22-20-33(21-23-35)28-44(58-52(66)69-30-41-39-17-9-7-15-37(39)38-16-8-10-18-40(38)41)48(62)57-43-19-11-14-36-24-26-45(59(36)50(43)64)49(63)56-42(25-27-46(54)60)47(61)55-29-34-12-5-4-6-13-34/h4-10,12-13,15-18,20-23,36,41-45H,11,14,19,24-32H2,1-3H3,(H2,54,60)(H,55,61)(H,56,63)(H,57,62)(H,58,66)(H,67,68)/t36?,42-,43+,44-,45-/m0/s1. The largest absolute Gasteiger partial charge is 0.449 e. The predicted octanol–water partition coefficient (Wildman–Crippen LogP) is 5.48. The highest BCUT2D eigenvalue weighted by Crippen LogP contribution is 2.46. The summed E-state index contributed by atoms with van der Waals surface area (Å²) in [6.07, 6.45) is 0.593. The topological polar surface area (TPSA) is 262 Å². The van der Waals surface area contributed by atoms with Crippen molar-refractivity contribution in [3.63, 3.8) is 0 Å².